The number of fused-ring (bicyclic) bond motifs is 1. The molecule has 3 aromatic carbocycles. The van der Waals surface area contributed by atoms with Gasteiger partial charge in [0.25, 0.3) is 0 Å². The number of nitrogens with zero attached hydrogens (tertiary/aromatic N) is 3. The molecule has 1 heterocycles. The molecule has 0 N–H and O–H groups in total. The van der Waals surface area contributed by atoms with Gasteiger partial charge in [0.15, 0.2) is 0 Å². The predicted octanol–water partition coefficient (Wildman–Crippen LogP) is 10.8. The second-order valence-electron chi connectivity index (χ2n) is 15.4. The average Bonchev–Trinajstić information content (AvgIpc) is 3.70. The summed E-state index contributed by atoms with van der Waals surface area (Å²) in [5.41, 5.74) is 3.01. The fraction of sp³-hybridized carbons (Fsp3) is 0.468. The zero-order chi connectivity index (χ0) is 40.7. The van der Waals surface area contributed by atoms with Crippen molar-refractivity contribution in [3.8, 4) is 17.2 Å². The molecule has 1 aromatic heterocycles. The Morgan fingerprint density at radius 3 is 2.22 bits per heavy atom. The number of carbonyl (C=O) groups is 3. The maximum Gasteiger partial charge on any atom is 0.330 e. The molecule has 11 heteroatoms. The van der Waals surface area contributed by atoms with Crippen LogP contribution in [-0.2, 0) is 19.1 Å². The van der Waals surface area contributed by atoms with E-state index in [1.54, 1.807) is 35.6 Å². The van der Waals surface area contributed by atoms with E-state index in [0.29, 0.717) is 48.8 Å². The Labute approximate surface area is 346 Å². The van der Waals surface area contributed by atoms with E-state index >= 15 is 0 Å². The molecule has 0 atom stereocenters. The lowest BCUT2D eigenvalue weighted by Crippen LogP contribution is -2.30. The van der Waals surface area contributed by atoms with Gasteiger partial charge in [-0.15, -0.1) is 0 Å². The molecule has 10 nitrogen and oxygen atoms in total. The second-order valence-corrected chi connectivity index (χ2v) is 16.4. The van der Waals surface area contributed by atoms with Crippen molar-refractivity contribution in [3.63, 3.8) is 0 Å². The summed E-state index contributed by atoms with van der Waals surface area (Å²) in [4.78, 5) is 42.9. The lowest BCUT2D eigenvalue weighted by atomic mass is 9.77. The molecule has 0 spiro atoms. The minimum atomic E-state index is -0.506. The van der Waals surface area contributed by atoms with E-state index in [2.05, 4.69) is 38.6 Å². The largest absolute Gasteiger partial charge is 0.490 e. The minimum absolute atomic E-state index is 0.100. The summed E-state index contributed by atoms with van der Waals surface area (Å²) in [6.07, 6.45) is 15.6. The average molecular weight is 808 g/mol. The van der Waals surface area contributed by atoms with Crippen molar-refractivity contribution in [2.24, 2.45) is 22.9 Å². The Hall–Kier alpha value is -5.03. The summed E-state index contributed by atoms with van der Waals surface area (Å²) < 4.78 is 23.5. The summed E-state index contributed by atoms with van der Waals surface area (Å²) in [6.45, 7) is 8.89. The molecule has 2 fully saturated rings. The van der Waals surface area contributed by atoms with Gasteiger partial charge in [0.1, 0.15) is 30.5 Å². The number of esters is 3. The molecular weight excluding hydrogens is 751 g/mol. The molecule has 58 heavy (non-hydrogen) atoms. The summed E-state index contributed by atoms with van der Waals surface area (Å²) in [6, 6.07) is 21.1. The van der Waals surface area contributed by atoms with Crippen LogP contribution in [0.5, 0.6) is 17.2 Å². The van der Waals surface area contributed by atoms with Crippen LogP contribution in [-0.4, -0.2) is 48.9 Å². The van der Waals surface area contributed by atoms with Gasteiger partial charge in [-0.25, -0.2) is 14.8 Å². The van der Waals surface area contributed by atoms with Crippen molar-refractivity contribution in [1.29, 1.82) is 0 Å². The van der Waals surface area contributed by atoms with Crippen LogP contribution < -0.4 is 19.2 Å². The Morgan fingerprint density at radius 2 is 1.53 bits per heavy atom. The van der Waals surface area contributed by atoms with Crippen LogP contribution in [0.3, 0.4) is 0 Å². The Morgan fingerprint density at radius 1 is 0.828 bits per heavy atom. The molecule has 4 aromatic rings. The normalized spacial score (nSPS) is 19.4. The Kier molecular flexibility index (Phi) is 15.9. The third kappa shape index (κ3) is 12.0. The molecular formula is C47H57N3O7S. The van der Waals surface area contributed by atoms with Crippen molar-refractivity contribution in [3.05, 3.63) is 90.5 Å². The van der Waals surface area contributed by atoms with Crippen molar-refractivity contribution in [2.75, 3.05) is 24.8 Å². The highest BCUT2D eigenvalue weighted by atomic mass is 32.1. The van der Waals surface area contributed by atoms with E-state index in [0.717, 1.165) is 71.6 Å². The van der Waals surface area contributed by atoms with Gasteiger partial charge in [-0.1, -0.05) is 75.6 Å². The minimum Gasteiger partial charge on any atom is -0.490 e. The van der Waals surface area contributed by atoms with Crippen LogP contribution in [0.1, 0.15) is 114 Å². The van der Waals surface area contributed by atoms with E-state index in [-0.39, 0.29) is 37.0 Å². The number of aromatic nitrogens is 1. The molecule has 2 aliphatic rings. The van der Waals surface area contributed by atoms with Gasteiger partial charge < -0.3 is 18.9 Å². The van der Waals surface area contributed by atoms with E-state index in [1.807, 2.05) is 35.5 Å². The number of hydrogen-bond acceptors (Lipinski definition) is 11. The maximum atomic E-state index is 13.7. The number of hydrogen-bond donors (Lipinski definition) is 0. The number of ether oxygens (including phenoxy) is 4. The maximum absolute atomic E-state index is 13.7. The van der Waals surface area contributed by atoms with Crippen LogP contribution in [0, 0.1) is 17.8 Å². The van der Waals surface area contributed by atoms with E-state index in [4.69, 9.17) is 29.0 Å². The first-order valence-corrected chi connectivity index (χ1v) is 21.9. The SMILES string of the molecule is C=CC(=O)OCCOc1ccc(OC(=O)C2CCC(C(=O)Oc3ccc(C4CCC(CC)CC4)cc3/C=N/N(CCCCCC)c3nc4ccccc4s3)CC2)cc1. The lowest BCUT2D eigenvalue weighted by molar-refractivity contribution is -0.145. The highest BCUT2D eigenvalue weighted by Crippen LogP contribution is 2.39. The molecule has 0 radical (unpaired) electrons. The monoisotopic (exact) mass is 807 g/mol. The molecule has 0 unspecified atom stereocenters. The Bertz CT molecular complexity index is 1960. The van der Waals surface area contributed by atoms with Gasteiger partial charge in [0.2, 0.25) is 5.13 Å². The molecule has 0 aliphatic heterocycles. The molecule has 2 aliphatic carbocycles. The van der Waals surface area contributed by atoms with E-state index < -0.39 is 5.97 Å². The number of benzene rings is 3. The van der Waals surface area contributed by atoms with Gasteiger partial charge in [0, 0.05) is 18.2 Å². The standard InChI is InChI=1S/C47H57N3O7S/c1-4-7-8-11-28-50(47-49-41-12-9-10-13-43(41)58-47)48-32-38-31-37(34-16-14-33(5-2)15-17-34)22-27-42(38)57-46(53)36-20-18-35(19-21-36)45(52)56-40-25-23-39(24-26-40)54-29-30-55-44(51)6-3/h6,9-10,12-13,22-27,31-36H,3-5,7-8,11,14-21,28-30H2,1-2H3/b48-32+. The number of rotatable bonds is 19. The van der Waals surface area contributed by atoms with Gasteiger partial charge >= 0.3 is 17.9 Å². The smallest absolute Gasteiger partial charge is 0.330 e. The van der Waals surface area contributed by atoms with Crippen LogP contribution in [0.15, 0.2) is 84.5 Å². The van der Waals surface area contributed by atoms with Crippen LogP contribution in [0.4, 0.5) is 5.13 Å². The number of unbranched alkanes of at least 4 members (excludes halogenated alkanes) is 3. The fourth-order valence-corrected chi connectivity index (χ4v) is 8.78. The van der Waals surface area contributed by atoms with Gasteiger partial charge in [0.05, 0.1) is 28.3 Å². The van der Waals surface area contributed by atoms with Crippen molar-refractivity contribution >= 4 is 50.8 Å². The first kappa shape index (κ1) is 42.6. The Balaban J connectivity index is 1.10. The van der Waals surface area contributed by atoms with Crippen molar-refractivity contribution in [2.45, 2.75) is 103 Å². The number of carbonyl (C=O) groups excluding carboxylic acids is 3. The molecule has 6 rings (SSSR count). The van der Waals surface area contributed by atoms with Crippen LogP contribution in [0.2, 0.25) is 0 Å². The second kappa shape index (κ2) is 21.6. The predicted molar refractivity (Wildman–Crippen MR) is 230 cm³/mol. The van der Waals surface area contributed by atoms with Crippen molar-refractivity contribution in [1.82, 2.24) is 4.98 Å². The summed E-state index contributed by atoms with van der Waals surface area (Å²) >= 11 is 1.64. The highest BCUT2D eigenvalue weighted by molar-refractivity contribution is 7.22. The lowest BCUT2D eigenvalue weighted by Gasteiger charge is -2.28. The van der Waals surface area contributed by atoms with Gasteiger partial charge in [-0.3, -0.25) is 9.59 Å². The quantitative estimate of drug-likeness (QED) is 0.0228. The molecule has 0 saturated heterocycles. The summed E-state index contributed by atoms with van der Waals surface area (Å²) in [5, 5.41) is 7.88. The number of hydrazone groups is 1. The third-order valence-electron chi connectivity index (χ3n) is 11.4. The topological polar surface area (TPSA) is 117 Å². The van der Waals surface area contributed by atoms with Crippen LogP contribution >= 0.6 is 11.3 Å². The molecule has 0 amide bonds. The van der Waals surface area contributed by atoms with E-state index in [9.17, 15) is 14.4 Å². The molecule has 2 saturated carbocycles. The van der Waals surface area contributed by atoms with E-state index in [1.165, 1.54) is 31.2 Å². The molecule has 0 bridgehead atoms. The van der Waals surface area contributed by atoms with Gasteiger partial charge in [-0.05, 0) is 124 Å². The summed E-state index contributed by atoms with van der Waals surface area (Å²) in [7, 11) is 0. The van der Waals surface area contributed by atoms with Crippen LogP contribution in [0.25, 0.3) is 10.2 Å². The van der Waals surface area contributed by atoms with Crippen molar-refractivity contribution < 1.29 is 33.3 Å². The van der Waals surface area contributed by atoms with Gasteiger partial charge in [-0.2, -0.15) is 5.10 Å². The number of anilines is 1. The zero-order valence-corrected chi connectivity index (χ0v) is 34.8. The first-order chi connectivity index (χ1) is 28.3. The fourth-order valence-electron chi connectivity index (χ4n) is 7.83. The first-order valence-electron chi connectivity index (χ1n) is 21.1. The number of thiazole rings is 1. The molecule has 308 valence electrons. The highest BCUT2D eigenvalue weighted by Gasteiger charge is 2.33. The summed E-state index contributed by atoms with van der Waals surface area (Å²) in [5.74, 6) is 1.01. The number of para-hydroxylation sites is 1. The third-order valence-corrected chi connectivity index (χ3v) is 12.5. The zero-order valence-electron chi connectivity index (χ0n) is 33.9.